The van der Waals surface area contributed by atoms with Gasteiger partial charge in [-0.25, -0.2) is 9.78 Å². The molecule has 1 aromatic heterocycles. The van der Waals surface area contributed by atoms with Crippen molar-refractivity contribution >= 4 is 17.6 Å². The van der Waals surface area contributed by atoms with E-state index >= 15 is 0 Å². The van der Waals surface area contributed by atoms with Crippen LogP contribution < -0.4 is 10.5 Å². The van der Waals surface area contributed by atoms with Crippen LogP contribution in [0, 0.1) is 10.1 Å². The Kier molecular flexibility index (Phi) is 7.45. The van der Waals surface area contributed by atoms with Crippen LogP contribution >= 0.6 is 0 Å². The SMILES string of the molecule is NC(=O)c1ccccc1.O=C(O)c1cc(Oc2cccnc2C(F)(F)F)ccc1[N+](=O)[O-]. The van der Waals surface area contributed by atoms with Crippen molar-refractivity contribution in [1.82, 2.24) is 4.98 Å². The second-order valence-electron chi connectivity index (χ2n) is 5.92. The zero-order valence-electron chi connectivity index (χ0n) is 15.9. The van der Waals surface area contributed by atoms with E-state index in [0.717, 1.165) is 30.5 Å². The zero-order valence-corrected chi connectivity index (χ0v) is 15.9. The summed E-state index contributed by atoms with van der Waals surface area (Å²) in [5.74, 6) is -2.93. The molecule has 0 aliphatic carbocycles. The molecule has 32 heavy (non-hydrogen) atoms. The number of aromatic carboxylic acids is 1. The van der Waals surface area contributed by atoms with Crippen LogP contribution in [0.1, 0.15) is 26.4 Å². The number of ether oxygens (including phenoxy) is 1. The summed E-state index contributed by atoms with van der Waals surface area (Å²) < 4.78 is 43.4. The predicted octanol–water partition coefficient (Wildman–Crippen LogP) is 4.28. The molecule has 1 amide bonds. The summed E-state index contributed by atoms with van der Waals surface area (Å²) in [7, 11) is 0. The summed E-state index contributed by atoms with van der Waals surface area (Å²) in [4.78, 5) is 34.4. The van der Waals surface area contributed by atoms with Gasteiger partial charge in [0.1, 0.15) is 11.3 Å². The van der Waals surface area contributed by atoms with Crippen molar-refractivity contribution in [3.63, 3.8) is 0 Å². The number of nitro groups is 1. The van der Waals surface area contributed by atoms with E-state index in [0.29, 0.717) is 5.56 Å². The minimum Gasteiger partial charge on any atom is -0.477 e. The number of carbonyl (C=O) groups excluding carboxylic acids is 1. The zero-order chi connectivity index (χ0) is 23.9. The van der Waals surface area contributed by atoms with Gasteiger partial charge < -0.3 is 15.6 Å². The van der Waals surface area contributed by atoms with Gasteiger partial charge in [0.25, 0.3) is 5.69 Å². The Morgan fingerprint density at radius 1 is 1.06 bits per heavy atom. The van der Waals surface area contributed by atoms with E-state index in [1.165, 1.54) is 6.07 Å². The second-order valence-corrected chi connectivity index (χ2v) is 5.92. The van der Waals surface area contributed by atoms with E-state index in [1.807, 2.05) is 6.07 Å². The molecule has 2 aromatic carbocycles. The van der Waals surface area contributed by atoms with Crippen molar-refractivity contribution in [1.29, 1.82) is 0 Å². The van der Waals surface area contributed by atoms with E-state index < -0.39 is 39.8 Å². The largest absolute Gasteiger partial charge is 0.477 e. The van der Waals surface area contributed by atoms with E-state index in [1.54, 1.807) is 24.3 Å². The van der Waals surface area contributed by atoms with Crippen molar-refractivity contribution in [2.45, 2.75) is 6.18 Å². The van der Waals surface area contributed by atoms with Crippen LogP contribution in [0.15, 0.2) is 66.9 Å². The lowest BCUT2D eigenvalue weighted by Crippen LogP contribution is -2.09. The van der Waals surface area contributed by atoms with Gasteiger partial charge in [-0.05, 0) is 30.3 Å². The number of nitrogens with two attached hydrogens (primary N) is 1. The first kappa shape index (κ1) is 23.8. The molecule has 0 aliphatic heterocycles. The van der Waals surface area contributed by atoms with Gasteiger partial charge in [0, 0.05) is 23.9 Å². The molecule has 3 aromatic rings. The molecule has 3 N–H and O–H groups in total. The van der Waals surface area contributed by atoms with Crippen LogP contribution in [0.2, 0.25) is 0 Å². The fourth-order valence-corrected chi connectivity index (χ4v) is 2.32. The molecule has 166 valence electrons. The van der Waals surface area contributed by atoms with Crippen molar-refractivity contribution < 1.29 is 37.5 Å². The fourth-order valence-electron chi connectivity index (χ4n) is 2.32. The molecule has 3 rings (SSSR count). The summed E-state index contributed by atoms with van der Waals surface area (Å²) in [5, 5.41) is 19.7. The number of amides is 1. The van der Waals surface area contributed by atoms with Crippen LogP contribution in [0.4, 0.5) is 18.9 Å². The van der Waals surface area contributed by atoms with Gasteiger partial charge >= 0.3 is 12.1 Å². The molecule has 12 heteroatoms. The lowest BCUT2D eigenvalue weighted by molar-refractivity contribution is -0.385. The highest BCUT2D eigenvalue weighted by Gasteiger charge is 2.36. The lowest BCUT2D eigenvalue weighted by atomic mass is 10.1. The number of nitrogens with zero attached hydrogens (tertiary/aromatic N) is 2. The molecule has 0 bridgehead atoms. The van der Waals surface area contributed by atoms with Gasteiger partial charge in [-0.2, -0.15) is 13.2 Å². The number of rotatable bonds is 5. The van der Waals surface area contributed by atoms with Gasteiger partial charge in [-0.1, -0.05) is 18.2 Å². The quantitative estimate of drug-likeness (QED) is 0.436. The molecule has 1 heterocycles. The summed E-state index contributed by atoms with van der Waals surface area (Å²) in [5.41, 5.74) is 2.83. The Morgan fingerprint density at radius 2 is 1.72 bits per heavy atom. The summed E-state index contributed by atoms with van der Waals surface area (Å²) >= 11 is 0. The number of carbonyl (C=O) groups is 2. The number of aromatic nitrogens is 1. The van der Waals surface area contributed by atoms with Gasteiger partial charge in [0.05, 0.1) is 4.92 Å². The Hall–Kier alpha value is -4.48. The van der Waals surface area contributed by atoms with E-state index in [-0.39, 0.29) is 11.7 Å². The highest BCUT2D eigenvalue weighted by atomic mass is 19.4. The Morgan fingerprint density at radius 3 is 2.22 bits per heavy atom. The van der Waals surface area contributed by atoms with Crippen LogP contribution in [0.25, 0.3) is 0 Å². The van der Waals surface area contributed by atoms with Crippen LogP contribution in [-0.4, -0.2) is 26.9 Å². The molecular weight excluding hydrogens is 435 g/mol. The van der Waals surface area contributed by atoms with Gasteiger partial charge in [0.2, 0.25) is 5.91 Å². The number of carboxylic acid groups (broad SMARTS) is 1. The monoisotopic (exact) mass is 449 g/mol. The number of benzene rings is 2. The highest BCUT2D eigenvalue weighted by Crippen LogP contribution is 2.37. The molecule has 0 atom stereocenters. The smallest absolute Gasteiger partial charge is 0.437 e. The minimum absolute atomic E-state index is 0.300. The number of carboxylic acids is 1. The topological polar surface area (TPSA) is 146 Å². The maximum absolute atomic E-state index is 12.8. The average molecular weight is 449 g/mol. The highest BCUT2D eigenvalue weighted by molar-refractivity contribution is 5.93. The van der Waals surface area contributed by atoms with Crippen molar-refractivity contribution in [2.24, 2.45) is 5.73 Å². The first-order chi connectivity index (χ1) is 15.0. The predicted molar refractivity (Wildman–Crippen MR) is 104 cm³/mol. The molecule has 0 aliphatic rings. The van der Waals surface area contributed by atoms with Gasteiger partial charge in [-0.3, -0.25) is 14.9 Å². The molecule has 0 radical (unpaired) electrons. The third kappa shape index (κ3) is 6.26. The molecular formula is C20H14F3N3O6. The van der Waals surface area contributed by atoms with Gasteiger partial charge in [0.15, 0.2) is 11.4 Å². The third-order valence-electron chi connectivity index (χ3n) is 3.72. The Bertz CT molecular complexity index is 1140. The first-order valence-corrected chi connectivity index (χ1v) is 8.57. The summed E-state index contributed by atoms with van der Waals surface area (Å²) in [6.07, 6.45) is -3.85. The average Bonchev–Trinajstić information content (AvgIpc) is 2.74. The lowest BCUT2D eigenvalue weighted by Gasteiger charge is -2.12. The van der Waals surface area contributed by atoms with Crippen LogP contribution in [-0.2, 0) is 6.18 Å². The maximum atomic E-state index is 12.8. The number of hydrogen-bond donors (Lipinski definition) is 2. The summed E-state index contributed by atoms with van der Waals surface area (Å²) in [6.45, 7) is 0. The normalized spacial score (nSPS) is 10.5. The molecule has 0 saturated carbocycles. The van der Waals surface area contributed by atoms with Gasteiger partial charge in [-0.15, -0.1) is 0 Å². The Labute approximate surface area is 178 Å². The van der Waals surface area contributed by atoms with Crippen LogP contribution in [0.5, 0.6) is 11.5 Å². The maximum Gasteiger partial charge on any atom is 0.437 e. The van der Waals surface area contributed by atoms with Crippen molar-refractivity contribution in [2.75, 3.05) is 0 Å². The number of halogens is 3. The fraction of sp³-hybridized carbons (Fsp3) is 0.0500. The van der Waals surface area contributed by atoms with E-state index in [4.69, 9.17) is 15.6 Å². The van der Waals surface area contributed by atoms with Crippen LogP contribution in [0.3, 0.4) is 0 Å². The minimum atomic E-state index is -4.77. The van der Waals surface area contributed by atoms with Crippen molar-refractivity contribution in [3.8, 4) is 11.5 Å². The molecule has 0 unspecified atom stereocenters. The third-order valence-corrected chi connectivity index (χ3v) is 3.72. The molecule has 0 spiro atoms. The number of hydrogen-bond acceptors (Lipinski definition) is 6. The standard InChI is InChI=1S/C13H7F3N2O5.C7H7NO/c14-13(15,16)11-10(2-1-5-17-11)23-7-3-4-9(18(21)22)8(6-7)12(19)20;8-7(9)6-4-2-1-3-5-6/h1-6H,(H,19,20);1-5H,(H2,8,9). The first-order valence-electron chi connectivity index (χ1n) is 8.57. The number of primary amides is 1. The number of nitro benzene ring substituents is 1. The second kappa shape index (κ2) is 10.0. The molecule has 0 fully saturated rings. The number of alkyl halides is 3. The molecule has 0 saturated heterocycles. The Balaban J connectivity index is 0.000000336. The number of pyridine rings is 1. The summed E-state index contributed by atoms with van der Waals surface area (Å²) in [6, 6.07) is 13.6. The van der Waals surface area contributed by atoms with Crippen molar-refractivity contribution in [3.05, 3.63) is 93.8 Å². The van der Waals surface area contributed by atoms with E-state index in [9.17, 15) is 32.9 Å². The van der Waals surface area contributed by atoms with E-state index in [2.05, 4.69) is 4.98 Å². The molecule has 9 nitrogen and oxygen atoms in total.